The fourth-order valence-corrected chi connectivity index (χ4v) is 9.09. The molecule has 13 heteroatoms. The lowest BCUT2D eigenvalue weighted by Crippen LogP contribution is -2.54. The molecule has 2 saturated carbocycles. The number of nitrogens with zero attached hydrogens (tertiary/aromatic N) is 2. The fourth-order valence-electron chi connectivity index (χ4n) is 6.07. The maximum atomic E-state index is 13.8. The predicted octanol–water partition coefficient (Wildman–Crippen LogP) is 2.82. The third-order valence-corrected chi connectivity index (χ3v) is 10.8. The number of nitrogens with one attached hydrogen (secondary N) is 2. The summed E-state index contributed by atoms with van der Waals surface area (Å²) in [6, 6.07) is -0.0749. The molecular weight excluding hydrogens is 524 g/mol. The molecule has 36 heavy (non-hydrogen) atoms. The number of anilines is 1. The van der Waals surface area contributed by atoms with Gasteiger partial charge < -0.3 is 15.3 Å². The van der Waals surface area contributed by atoms with Crippen molar-refractivity contribution in [3.63, 3.8) is 0 Å². The monoisotopic (exact) mass is 556 g/mol. The number of amides is 1. The van der Waals surface area contributed by atoms with E-state index in [2.05, 4.69) is 35.2 Å². The first-order valence-corrected chi connectivity index (χ1v) is 16.3. The zero-order valence-corrected chi connectivity index (χ0v) is 23.2. The SMILES string of the molecule is CC(C)(C)CCN1C(=O)C(C2=NS(=O)(=O)c3c(CNS(C)(=O)=O)csc3N2)=C(O)C2C1[C@@H]1CC[C@H]2C1. The second kappa shape index (κ2) is 8.53. The predicted molar refractivity (Wildman–Crippen MR) is 138 cm³/mol. The van der Waals surface area contributed by atoms with Crippen LogP contribution in [0.25, 0.3) is 0 Å². The van der Waals surface area contributed by atoms with Gasteiger partial charge in [0, 0.05) is 30.6 Å². The molecule has 3 heterocycles. The fraction of sp³-hybridized carbons (Fsp3) is 0.652. The summed E-state index contributed by atoms with van der Waals surface area (Å²) >= 11 is 1.09. The topological polar surface area (TPSA) is 145 Å². The van der Waals surface area contributed by atoms with Gasteiger partial charge in [-0.3, -0.25) is 4.79 Å². The molecule has 2 fully saturated rings. The van der Waals surface area contributed by atoms with Crippen molar-refractivity contribution in [2.45, 2.75) is 63.9 Å². The van der Waals surface area contributed by atoms with Crippen molar-refractivity contribution in [3.8, 4) is 0 Å². The average Bonchev–Trinajstić information content (AvgIpc) is 3.45. The van der Waals surface area contributed by atoms with E-state index in [1.165, 1.54) is 0 Å². The maximum absolute atomic E-state index is 13.8. The number of amidine groups is 1. The smallest absolute Gasteiger partial charge is 0.287 e. The maximum Gasteiger partial charge on any atom is 0.287 e. The summed E-state index contributed by atoms with van der Waals surface area (Å²) in [5.41, 5.74) is 0.197. The van der Waals surface area contributed by atoms with E-state index in [1.54, 1.807) is 5.38 Å². The number of carbonyl (C=O) groups excluding carboxylic acids is 1. The summed E-state index contributed by atoms with van der Waals surface area (Å²) in [5, 5.41) is 16.1. The lowest BCUT2D eigenvalue weighted by Gasteiger charge is -2.44. The number of sulfonamides is 2. The number of thiophene rings is 1. The van der Waals surface area contributed by atoms with Gasteiger partial charge in [-0.05, 0) is 48.3 Å². The van der Waals surface area contributed by atoms with Crippen LogP contribution in [0, 0.1) is 23.2 Å². The normalized spacial score (nSPS) is 29.2. The highest BCUT2D eigenvalue weighted by molar-refractivity contribution is 7.91. The van der Waals surface area contributed by atoms with Crippen molar-refractivity contribution in [1.82, 2.24) is 9.62 Å². The first kappa shape index (κ1) is 25.7. The highest BCUT2D eigenvalue weighted by atomic mass is 32.2. The number of hydrogen-bond donors (Lipinski definition) is 3. The van der Waals surface area contributed by atoms with Gasteiger partial charge in [0.25, 0.3) is 15.9 Å². The lowest BCUT2D eigenvalue weighted by molar-refractivity contribution is -0.133. The first-order valence-electron chi connectivity index (χ1n) is 12.1. The van der Waals surface area contributed by atoms with Gasteiger partial charge in [-0.2, -0.15) is 8.42 Å². The van der Waals surface area contributed by atoms with Gasteiger partial charge in [-0.25, -0.2) is 13.1 Å². The molecule has 3 N–H and O–H groups in total. The van der Waals surface area contributed by atoms with Gasteiger partial charge >= 0.3 is 0 Å². The summed E-state index contributed by atoms with van der Waals surface area (Å²) in [4.78, 5) is 15.6. The van der Waals surface area contributed by atoms with Crippen LogP contribution < -0.4 is 10.0 Å². The summed E-state index contributed by atoms with van der Waals surface area (Å²) < 4.78 is 55.6. The Morgan fingerprint density at radius 3 is 2.64 bits per heavy atom. The van der Waals surface area contributed by atoms with Crippen LogP contribution in [0.1, 0.15) is 52.0 Å². The Kier molecular flexibility index (Phi) is 6.09. The van der Waals surface area contributed by atoms with E-state index in [1.807, 2.05) is 4.90 Å². The van der Waals surface area contributed by atoms with Crippen LogP contribution >= 0.6 is 11.3 Å². The van der Waals surface area contributed by atoms with Gasteiger partial charge in [0.15, 0.2) is 5.84 Å². The van der Waals surface area contributed by atoms with Crippen molar-refractivity contribution in [1.29, 1.82) is 0 Å². The van der Waals surface area contributed by atoms with E-state index in [0.29, 0.717) is 12.5 Å². The number of hydrogen-bond acceptors (Lipinski definition) is 8. The van der Waals surface area contributed by atoms with Crippen LogP contribution in [-0.4, -0.2) is 57.4 Å². The quantitative estimate of drug-likeness (QED) is 0.488. The standard InChI is InChI=1S/C23H32N4O6S3/c1-23(2,3)7-8-27-17-13-6-5-12(9-13)15(17)18(28)16(22(27)29)20-25-21-19(36(32,33)26-20)14(11-34-21)10-24-35(4,30)31/h11-13,15,17,24,28H,5-10H2,1-4H3,(H,25,26)/t12-,13+,15?,17?/m0/s1. The third kappa shape index (κ3) is 4.48. The van der Waals surface area contributed by atoms with Crippen molar-refractivity contribution in [2.75, 3.05) is 18.1 Å². The molecule has 0 saturated heterocycles. The third-order valence-electron chi connectivity index (χ3n) is 7.66. The molecule has 0 radical (unpaired) electrons. The lowest BCUT2D eigenvalue weighted by atomic mass is 9.77. The van der Waals surface area contributed by atoms with Crippen LogP contribution in [0.15, 0.2) is 26.0 Å². The minimum Gasteiger partial charge on any atom is -0.511 e. The summed E-state index contributed by atoms with van der Waals surface area (Å²) in [7, 11) is -7.77. The molecular formula is C23H32N4O6S3. The second-order valence-electron chi connectivity index (χ2n) is 11.5. The zero-order valence-electron chi connectivity index (χ0n) is 20.7. The van der Waals surface area contributed by atoms with Crippen LogP contribution in [0.4, 0.5) is 5.00 Å². The van der Waals surface area contributed by atoms with E-state index >= 15 is 0 Å². The molecule has 2 bridgehead atoms. The summed E-state index contributed by atoms with van der Waals surface area (Å²) in [6.07, 6.45) is 4.74. The highest BCUT2D eigenvalue weighted by Gasteiger charge is 2.57. The van der Waals surface area contributed by atoms with Crippen LogP contribution in [0.3, 0.4) is 0 Å². The first-order chi connectivity index (χ1) is 16.7. The molecule has 4 atom stereocenters. The molecule has 10 nitrogen and oxygen atoms in total. The van der Waals surface area contributed by atoms with E-state index in [-0.39, 0.29) is 62.5 Å². The van der Waals surface area contributed by atoms with Crippen molar-refractivity contribution in [3.05, 3.63) is 22.3 Å². The number of aliphatic hydroxyl groups excluding tert-OH is 1. The minimum absolute atomic E-state index is 0.00296. The molecule has 5 rings (SSSR count). The van der Waals surface area contributed by atoms with Gasteiger partial charge in [-0.15, -0.1) is 15.7 Å². The van der Waals surface area contributed by atoms with Crippen molar-refractivity contribution >= 4 is 48.1 Å². The van der Waals surface area contributed by atoms with Crippen LogP contribution in [0.2, 0.25) is 0 Å². The minimum atomic E-state index is -4.24. The number of fused-ring (bicyclic) bond motifs is 6. The van der Waals surface area contributed by atoms with E-state index < -0.39 is 26.0 Å². The number of aliphatic hydroxyl groups is 1. The molecule has 4 aliphatic rings. The number of carbonyl (C=O) groups is 1. The molecule has 1 amide bonds. The molecule has 198 valence electrons. The molecule has 2 aliphatic heterocycles. The Morgan fingerprint density at radius 2 is 1.97 bits per heavy atom. The Labute approximate surface area is 216 Å². The summed E-state index contributed by atoms with van der Waals surface area (Å²) in [6.45, 7) is 6.66. The molecule has 1 aromatic heterocycles. The number of rotatable bonds is 6. The summed E-state index contributed by atoms with van der Waals surface area (Å²) in [5.74, 6) is -0.256. The molecule has 2 aliphatic carbocycles. The molecule has 2 unspecified atom stereocenters. The van der Waals surface area contributed by atoms with E-state index in [0.717, 1.165) is 43.3 Å². The zero-order chi connectivity index (χ0) is 26.2. The van der Waals surface area contributed by atoms with Gasteiger partial charge in [0.05, 0.1) is 6.26 Å². The largest absolute Gasteiger partial charge is 0.511 e. The Bertz CT molecular complexity index is 1390. The van der Waals surface area contributed by atoms with E-state index in [9.17, 15) is 26.7 Å². The second-order valence-corrected chi connectivity index (χ2v) is 15.7. The van der Waals surface area contributed by atoms with Crippen LogP contribution in [-0.2, 0) is 31.4 Å². The van der Waals surface area contributed by atoms with Gasteiger partial charge in [0.2, 0.25) is 10.0 Å². The Morgan fingerprint density at radius 1 is 1.28 bits per heavy atom. The van der Waals surface area contributed by atoms with Gasteiger partial charge in [-0.1, -0.05) is 20.8 Å². The Hall–Kier alpha value is -1.96. The average molecular weight is 557 g/mol. The van der Waals surface area contributed by atoms with Crippen molar-refractivity contribution < 1.29 is 26.7 Å². The van der Waals surface area contributed by atoms with Crippen molar-refractivity contribution in [2.24, 2.45) is 27.6 Å². The Balaban J connectivity index is 1.53. The molecule has 0 aromatic carbocycles. The van der Waals surface area contributed by atoms with Crippen LogP contribution in [0.5, 0.6) is 0 Å². The molecule has 1 aromatic rings. The molecule has 0 spiro atoms. The van der Waals surface area contributed by atoms with E-state index in [4.69, 9.17) is 0 Å². The highest BCUT2D eigenvalue weighted by Crippen LogP contribution is 2.55. The van der Waals surface area contributed by atoms with Gasteiger partial charge in [0.1, 0.15) is 21.2 Å².